The normalized spacial score (nSPS) is 15.8. The van der Waals surface area contributed by atoms with Crippen LogP contribution >= 0.6 is 0 Å². The van der Waals surface area contributed by atoms with Crippen LogP contribution < -0.4 is 15.3 Å². The van der Waals surface area contributed by atoms with Crippen molar-refractivity contribution in [1.29, 1.82) is 0 Å². The fraction of sp³-hybridized carbons (Fsp3) is 0.0588. The third-order valence-electron chi connectivity index (χ3n) is 8.16. The minimum atomic E-state index is -1.49. The first-order valence-electron chi connectivity index (χ1n) is 12.7. The first-order valence-corrected chi connectivity index (χ1v) is 12.7. The molecule has 5 aromatic carbocycles. The largest absolute Gasteiger partial charge is 0.474 e. The minimum Gasteiger partial charge on any atom is -0.474 e. The molecular weight excluding hydrogens is 433 g/mol. The molecule has 0 bridgehead atoms. The zero-order valence-electron chi connectivity index (χ0n) is 20.9. The van der Waals surface area contributed by atoms with Gasteiger partial charge < -0.3 is 4.39 Å². The summed E-state index contributed by atoms with van der Waals surface area (Å²) in [6.45, 7) is 0. The van der Waals surface area contributed by atoms with E-state index >= 15 is 0 Å². The molecule has 0 aromatic heterocycles. The van der Waals surface area contributed by atoms with Gasteiger partial charge in [-0.3, -0.25) is 0 Å². The molecule has 1 nitrogen and oxygen atoms in total. The number of rotatable bonds is 4. The Bertz CT molecular complexity index is 1480. The molecule has 174 valence electrons. The predicted octanol–water partition coefficient (Wildman–Crippen LogP) is 6.53. The van der Waals surface area contributed by atoms with Crippen LogP contribution in [-0.2, 0) is 0 Å². The highest BCUT2D eigenvalue weighted by Crippen LogP contribution is 2.50. The van der Waals surface area contributed by atoms with E-state index in [2.05, 4.69) is 160 Å². The van der Waals surface area contributed by atoms with Gasteiger partial charge in [-0.15, -0.1) is 16.4 Å². The summed E-state index contributed by atoms with van der Waals surface area (Å²) in [6, 6.07) is 53.2. The third kappa shape index (κ3) is 3.22. The molecule has 0 atom stereocenters. The van der Waals surface area contributed by atoms with Gasteiger partial charge in [0.25, 0.3) is 6.28 Å². The molecule has 0 N–H and O–H groups in total. The van der Waals surface area contributed by atoms with Crippen molar-refractivity contribution in [2.24, 2.45) is 0 Å². The number of hydrogen-bond donors (Lipinski definition) is 0. The summed E-state index contributed by atoms with van der Waals surface area (Å²) in [7, 11) is 4.78. The van der Waals surface area contributed by atoms with Crippen LogP contribution in [0.5, 0.6) is 0 Å². The van der Waals surface area contributed by atoms with Gasteiger partial charge in [-0.05, 0) is 23.3 Å². The molecule has 5 aromatic rings. The van der Waals surface area contributed by atoms with Gasteiger partial charge in [-0.25, -0.2) is 0 Å². The van der Waals surface area contributed by atoms with Gasteiger partial charge in [0.05, 0.1) is 5.69 Å². The highest BCUT2D eigenvalue weighted by atomic mass is 15.3. The van der Waals surface area contributed by atoms with Crippen molar-refractivity contribution >= 4 is 33.9 Å². The average Bonchev–Trinajstić information content (AvgIpc) is 2.95. The first kappa shape index (κ1) is 22.3. The molecule has 2 heteroatoms. The van der Waals surface area contributed by atoms with E-state index in [0.717, 1.165) is 4.39 Å². The lowest BCUT2D eigenvalue weighted by molar-refractivity contribution is 0.610. The summed E-state index contributed by atoms with van der Waals surface area (Å²) >= 11 is 0. The van der Waals surface area contributed by atoms with Crippen LogP contribution in [-0.4, -0.2) is 20.4 Å². The number of quaternary nitrogens is 1. The van der Waals surface area contributed by atoms with Gasteiger partial charge in [-0.2, -0.15) is 0 Å². The van der Waals surface area contributed by atoms with Crippen molar-refractivity contribution in [2.75, 3.05) is 14.1 Å². The van der Waals surface area contributed by atoms with E-state index in [1.807, 2.05) is 0 Å². The van der Waals surface area contributed by atoms with E-state index in [9.17, 15) is 0 Å². The quantitative estimate of drug-likeness (QED) is 0.266. The Balaban J connectivity index is 1.90. The molecular formula is C34H30BN. The second-order valence-electron chi connectivity index (χ2n) is 10.2. The molecule has 1 aliphatic rings. The average molecular weight is 463 g/mol. The Morgan fingerprint density at radius 3 is 1.39 bits per heavy atom. The van der Waals surface area contributed by atoms with Crippen molar-refractivity contribution < 1.29 is 0 Å². The number of hydrogen-bond acceptors (Lipinski definition) is 0. The molecule has 1 heterocycles. The molecule has 0 aliphatic carbocycles. The van der Waals surface area contributed by atoms with Crippen LogP contribution in [0.1, 0.15) is 16.7 Å². The SMILES string of the molecule is C[N+]1(C)c2ccccc2C(c2ccccc2)=C(c2ccccc2)[B-]1(c1ccccc1)c1ccccc1. The highest BCUT2D eigenvalue weighted by molar-refractivity contribution is 7.16. The number of para-hydroxylation sites is 1. The van der Waals surface area contributed by atoms with Crippen LogP contribution in [0.25, 0.3) is 11.0 Å². The standard InChI is InChI=1S/C34H30BN/c1-36(2)32-26-16-15-25-31(32)33(27-17-7-3-8-18-27)34(28-19-9-4-10-20-28)35(36,29-21-11-5-12-22-29)30-23-13-6-14-24-30/h3-26H,1-2H3. The van der Waals surface area contributed by atoms with E-state index in [4.69, 9.17) is 0 Å². The van der Waals surface area contributed by atoms with Crippen molar-refractivity contribution in [2.45, 2.75) is 0 Å². The first-order chi connectivity index (χ1) is 17.7. The summed E-state index contributed by atoms with van der Waals surface area (Å²) in [6.07, 6.45) is -1.49. The predicted molar refractivity (Wildman–Crippen MR) is 157 cm³/mol. The van der Waals surface area contributed by atoms with Crippen LogP contribution in [0.15, 0.2) is 146 Å². The summed E-state index contributed by atoms with van der Waals surface area (Å²) in [5.41, 5.74) is 10.6. The van der Waals surface area contributed by atoms with Crippen LogP contribution in [0, 0.1) is 0 Å². The Morgan fingerprint density at radius 1 is 0.444 bits per heavy atom. The zero-order valence-corrected chi connectivity index (χ0v) is 20.9. The van der Waals surface area contributed by atoms with Gasteiger partial charge in [0, 0.05) is 19.7 Å². The van der Waals surface area contributed by atoms with Crippen molar-refractivity contribution in [3.05, 3.63) is 162 Å². The van der Waals surface area contributed by atoms with Gasteiger partial charge in [0.2, 0.25) is 0 Å². The van der Waals surface area contributed by atoms with Crippen LogP contribution in [0.4, 0.5) is 5.69 Å². The second-order valence-corrected chi connectivity index (χ2v) is 10.2. The molecule has 0 unspecified atom stereocenters. The van der Waals surface area contributed by atoms with Crippen LogP contribution in [0.3, 0.4) is 0 Å². The monoisotopic (exact) mass is 463 g/mol. The maximum absolute atomic E-state index is 2.39. The Hall–Kier alpha value is -4.14. The molecule has 0 radical (unpaired) electrons. The lowest BCUT2D eigenvalue weighted by Gasteiger charge is -2.61. The Labute approximate surface area is 214 Å². The maximum atomic E-state index is 2.39. The fourth-order valence-electron chi connectivity index (χ4n) is 6.73. The van der Waals surface area contributed by atoms with Gasteiger partial charge >= 0.3 is 0 Å². The van der Waals surface area contributed by atoms with Crippen molar-refractivity contribution in [3.63, 3.8) is 0 Å². The van der Waals surface area contributed by atoms with Gasteiger partial charge in [0.1, 0.15) is 0 Å². The highest BCUT2D eigenvalue weighted by Gasteiger charge is 2.53. The van der Waals surface area contributed by atoms with Gasteiger partial charge in [-0.1, -0.05) is 139 Å². The van der Waals surface area contributed by atoms with Crippen LogP contribution in [0.2, 0.25) is 0 Å². The van der Waals surface area contributed by atoms with E-state index in [1.54, 1.807) is 0 Å². The topological polar surface area (TPSA) is 0 Å². The number of nitrogens with zero attached hydrogens (tertiary/aromatic N) is 1. The smallest absolute Gasteiger partial charge is 0.296 e. The third-order valence-corrected chi connectivity index (χ3v) is 8.16. The molecule has 1 aliphatic heterocycles. The molecule has 36 heavy (non-hydrogen) atoms. The summed E-state index contributed by atoms with van der Waals surface area (Å²) in [4.78, 5) is 0. The molecule has 6 rings (SSSR count). The Morgan fingerprint density at radius 2 is 0.861 bits per heavy atom. The van der Waals surface area contributed by atoms with E-state index < -0.39 is 6.28 Å². The van der Waals surface area contributed by atoms with E-state index in [0.29, 0.717) is 0 Å². The molecule has 0 saturated heterocycles. The molecule has 0 spiro atoms. The number of benzene rings is 5. The summed E-state index contributed by atoms with van der Waals surface area (Å²) in [5.74, 6) is 0. The number of fused-ring (bicyclic) bond motifs is 1. The van der Waals surface area contributed by atoms with E-state index in [-0.39, 0.29) is 0 Å². The van der Waals surface area contributed by atoms with E-state index in [1.165, 1.54) is 44.3 Å². The maximum Gasteiger partial charge on any atom is 0.296 e. The summed E-state index contributed by atoms with van der Waals surface area (Å²) < 4.78 is 0.727. The lowest BCUT2D eigenvalue weighted by atomic mass is 9.19. The zero-order chi connectivity index (χ0) is 24.6. The molecule has 0 fully saturated rings. The lowest BCUT2D eigenvalue weighted by Crippen LogP contribution is -2.80. The summed E-state index contributed by atoms with van der Waals surface area (Å²) in [5, 5.41) is 0. The second kappa shape index (κ2) is 8.82. The van der Waals surface area contributed by atoms with Crippen molar-refractivity contribution in [1.82, 2.24) is 4.39 Å². The molecule has 0 amide bonds. The molecule has 0 saturated carbocycles. The fourth-order valence-corrected chi connectivity index (χ4v) is 6.73. The van der Waals surface area contributed by atoms with Crippen molar-refractivity contribution in [3.8, 4) is 0 Å². The van der Waals surface area contributed by atoms with Gasteiger partial charge in [0.15, 0.2) is 0 Å². The minimum absolute atomic E-state index is 0.727. The Kier molecular flexibility index (Phi) is 5.47.